The van der Waals surface area contributed by atoms with Crippen LogP contribution in [0, 0.1) is 18.0 Å². The molecule has 1 aromatic heterocycles. The molecule has 0 radical (unpaired) electrons. The molecule has 0 bridgehead atoms. The Morgan fingerprint density at radius 2 is 1.69 bits per heavy atom. The Labute approximate surface area is 294 Å². The summed E-state index contributed by atoms with van der Waals surface area (Å²) in [6, 6.07) is 18.6. The van der Waals surface area contributed by atoms with Crippen molar-refractivity contribution in [3.05, 3.63) is 106 Å². The minimum absolute atomic E-state index is 0.0684. The highest BCUT2D eigenvalue weighted by atomic mass is 32.2. The fraction of sp³-hybridized carbons (Fsp3) is 0.273. The van der Waals surface area contributed by atoms with Gasteiger partial charge < -0.3 is 14.8 Å². The first-order chi connectivity index (χ1) is 24.7. The van der Waals surface area contributed by atoms with Crippen LogP contribution >= 0.6 is 0 Å². The van der Waals surface area contributed by atoms with Crippen molar-refractivity contribution >= 4 is 27.9 Å². The van der Waals surface area contributed by atoms with Crippen molar-refractivity contribution in [3.63, 3.8) is 0 Å². The summed E-state index contributed by atoms with van der Waals surface area (Å²) in [5.41, 5.74) is 0.937. The van der Waals surface area contributed by atoms with Crippen molar-refractivity contribution in [1.82, 2.24) is 24.4 Å². The maximum Gasteiger partial charge on any atom is 0.435 e. The van der Waals surface area contributed by atoms with Crippen molar-refractivity contribution in [1.29, 1.82) is 0 Å². The van der Waals surface area contributed by atoms with Gasteiger partial charge in [0.15, 0.2) is 5.69 Å². The number of piperidine rings is 1. The summed E-state index contributed by atoms with van der Waals surface area (Å²) >= 11 is 0. The lowest BCUT2D eigenvalue weighted by Crippen LogP contribution is -2.42. The average molecular weight is 742 g/mol. The van der Waals surface area contributed by atoms with Crippen LogP contribution < -0.4 is 4.72 Å². The van der Waals surface area contributed by atoms with E-state index in [1.54, 1.807) is 41.1 Å². The van der Waals surface area contributed by atoms with Gasteiger partial charge in [0.05, 0.1) is 52.1 Å². The standard InChI is InChI=1S/C33H30F3N7O8S/c1-21-8-10-23(11-9-21)28-17-29(33(34,35)36)37-42(28)24-12-14-25(15-13-24)52(48,49)38-32(46)50-19-22-5-4-16-40(18-22)43(47)39-51-20-41-30(44)26-6-2-3-7-27(26)31(41)45/h2-3,6-15,17,22H,4-5,16,18-20H2,1H3,(H,38,46). The van der Waals surface area contributed by atoms with Crippen LogP contribution in [-0.4, -0.2) is 77.4 Å². The van der Waals surface area contributed by atoms with Gasteiger partial charge in [-0.3, -0.25) is 9.59 Å². The third-order valence-corrected chi connectivity index (χ3v) is 9.67. The maximum atomic E-state index is 13.6. The highest BCUT2D eigenvalue weighted by Gasteiger charge is 2.37. The number of sulfonamides is 1. The van der Waals surface area contributed by atoms with Gasteiger partial charge in [-0.15, -0.1) is 5.01 Å². The van der Waals surface area contributed by atoms with Crippen LogP contribution in [0.1, 0.15) is 44.8 Å². The molecule has 52 heavy (non-hydrogen) atoms. The molecular weight excluding hydrogens is 711 g/mol. The molecule has 0 saturated carbocycles. The number of nitrogens with zero attached hydrogens (tertiary/aromatic N) is 6. The first-order valence-corrected chi connectivity index (χ1v) is 17.2. The van der Waals surface area contributed by atoms with Crippen LogP contribution in [0.2, 0.25) is 0 Å². The first kappa shape index (κ1) is 35.8. The molecule has 3 aromatic carbocycles. The van der Waals surface area contributed by atoms with Gasteiger partial charge in [0.25, 0.3) is 21.8 Å². The predicted molar refractivity (Wildman–Crippen MR) is 174 cm³/mol. The second-order valence-corrected chi connectivity index (χ2v) is 13.7. The fourth-order valence-corrected chi connectivity index (χ4v) is 6.57. The summed E-state index contributed by atoms with van der Waals surface area (Å²) in [6.07, 6.45) is -4.97. The molecule has 1 atom stereocenters. The SMILES string of the molecule is Cc1ccc(-c2cc(C(F)(F)F)nn2-c2ccc(S(=O)(=O)NC(=O)OCC3CCCN([N+]([O-])=NOCN4C(=O)c5ccccc5C4=O)C3)cc2)cc1. The number of aryl methyl sites for hydroxylation is 1. The van der Waals surface area contributed by atoms with Crippen molar-refractivity contribution < 1.29 is 50.5 Å². The average Bonchev–Trinajstić information content (AvgIpc) is 3.68. The summed E-state index contributed by atoms with van der Waals surface area (Å²) in [4.78, 5) is 43.0. The number of hydrazine groups is 1. The van der Waals surface area contributed by atoms with Crippen LogP contribution in [0.15, 0.2) is 89.0 Å². The number of amides is 3. The van der Waals surface area contributed by atoms with Gasteiger partial charge in [-0.05, 0) is 62.2 Å². The normalized spacial score (nSPS) is 16.5. The second-order valence-electron chi connectivity index (χ2n) is 12.0. The number of benzene rings is 3. The van der Waals surface area contributed by atoms with Crippen molar-refractivity contribution in [3.8, 4) is 16.9 Å². The highest BCUT2D eigenvalue weighted by molar-refractivity contribution is 7.90. The molecule has 1 fully saturated rings. The van der Waals surface area contributed by atoms with E-state index in [1.165, 1.54) is 29.3 Å². The number of alkyl halides is 3. The zero-order valence-electron chi connectivity index (χ0n) is 27.3. The molecule has 6 rings (SSSR count). The zero-order chi connectivity index (χ0) is 37.2. The quantitative estimate of drug-likeness (QED) is 0.100. The van der Waals surface area contributed by atoms with Crippen molar-refractivity contribution in [2.24, 2.45) is 11.2 Å². The van der Waals surface area contributed by atoms with Crippen LogP contribution in [0.4, 0.5) is 18.0 Å². The minimum atomic E-state index is -4.72. The topological polar surface area (TPSA) is 179 Å². The van der Waals surface area contributed by atoms with Crippen LogP contribution in [0.3, 0.4) is 0 Å². The number of hydrogen-bond donors (Lipinski definition) is 1. The number of halogens is 3. The summed E-state index contributed by atoms with van der Waals surface area (Å²) in [6.45, 7) is 1.35. The third-order valence-electron chi connectivity index (χ3n) is 8.34. The molecule has 3 amide bonds. The summed E-state index contributed by atoms with van der Waals surface area (Å²) in [5, 5.41) is 20.9. The van der Waals surface area contributed by atoms with Crippen molar-refractivity contribution in [2.45, 2.75) is 30.8 Å². The molecule has 19 heteroatoms. The van der Waals surface area contributed by atoms with E-state index in [0.717, 1.165) is 33.3 Å². The molecule has 0 aliphatic carbocycles. The number of ether oxygens (including phenoxy) is 1. The van der Waals surface area contributed by atoms with E-state index in [0.29, 0.717) is 18.4 Å². The van der Waals surface area contributed by atoms with Gasteiger partial charge in [0.2, 0.25) is 12.0 Å². The van der Waals surface area contributed by atoms with Gasteiger partial charge >= 0.3 is 12.3 Å². The lowest BCUT2D eigenvalue weighted by molar-refractivity contribution is -0.714. The monoisotopic (exact) mass is 741 g/mol. The Morgan fingerprint density at radius 1 is 1.04 bits per heavy atom. The molecule has 2 aliphatic heterocycles. The number of carbonyl (C=O) groups excluding carboxylic acids is 3. The van der Waals surface area contributed by atoms with E-state index < -0.39 is 46.5 Å². The Morgan fingerprint density at radius 3 is 2.33 bits per heavy atom. The maximum absolute atomic E-state index is 13.6. The van der Waals surface area contributed by atoms with E-state index in [-0.39, 0.29) is 58.0 Å². The molecule has 15 nitrogen and oxygen atoms in total. The molecule has 1 N–H and O–H groups in total. The molecule has 2 aliphatic rings. The third kappa shape index (κ3) is 7.68. The molecule has 3 heterocycles. The van der Waals surface area contributed by atoms with Gasteiger partial charge in [0.1, 0.15) is 0 Å². The predicted octanol–water partition coefficient (Wildman–Crippen LogP) is 5.06. The van der Waals surface area contributed by atoms with E-state index >= 15 is 0 Å². The lowest BCUT2D eigenvalue weighted by atomic mass is 10.0. The number of fused-ring (bicyclic) bond motifs is 1. The van der Waals surface area contributed by atoms with Gasteiger partial charge in [-0.1, -0.05) is 42.0 Å². The fourth-order valence-electron chi connectivity index (χ4n) is 5.68. The Kier molecular flexibility index (Phi) is 9.88. The smallest absolute Gasteiger partial charge is 0.435 e. The van der Waals surface area contributed by atoms with Gasteiger partial charge in [-0.2, -0.15) is 18.3 Å². The Bertz CT molecular complexity index is 2100. The van der Waals surface area contributed by atoms with E-state index in [1.807, 2.05) is 6.92 Å². The number of nitrogens with one attached hydrogen (secondary N) is 1. The highest BCUT2D eigenvalue weighted by Crippen LogP contribution is 2.33. The Hall–Kier alpha value is -5.98. The molecule has 4 aromatic rings. The van der Waals surface area contributed by atoms with Crippen LogP contribution in [0.5, 0.6) is 0 Å². The van der Waals surface area contributed by atoms with Gasteiger partial charge in [0, 0.05) is 11.5 Å². The number of carbonyl (C=O) groups is 3. The second kappa shape index (κ2) is 14.3. The lowest BCUT2D eigenvalue weighted by Gasteiger charge is -2.28. The molecule has 0 spiro atoms. The van der Waals surface area contributed by atoms with E-state index in [4.69, 9.17) is 9.57 Å². The minimum Gasteiger partial charge on any atom is -0.569 e. The summed E-state index contributed by atoms with van der Waals surface area (Å²) in [7, 11) is -4.45. The first-order valence-electron chi connectivity index (χ1n) is 15.8. The zero-order valence-corrected chi connectivity index (χ0v) is 28.1. The molecule has 1 saturated heterocycles. The molecule has 1 unspecified atom stereocenters. The number of rotatable bonds is 10. The Balaban J connectivity index is 1.03. The van der Waals surface area contributed by atoms with Crippen LogP contribution in [0.25, 0.3) is 16.9 Å². The van der Waals surface area contributed by atoms with Crippen molar-refractivity contribution in [2.75, 3.05) is 26.4 Å². The van der Waals surface area contributed by atoms with E-state index in [2.05, 4.69) is 10.4 Å². The van der Waals surface area contributed by atoms with Gasteiger partial charge in [-0.25, -0.2) is 27.5 Å². The largest absolute Gasteiger partial charge is 0.569 e. The molecular formula is C33H30F3N7O8S. The molecule has 272 valence electrons. The number of imide groups is 1. The number of aromatic nitrogens is 2. The summed E-state index contributed by atoms with van der Waals surface area (Å²) < 4.78 is 74.5. The van der Waals surface area contributed by atoms with Crippen LogP contribution in [-0.2, 0) is 25.8 Å². The summed E-state index contributed by atoms with van der Waals surface area (Å²) in [5.74, 6) is -1.54. The number of hydrogen-bond acceptors (Lipinski definition) is 10. The van der Waals surface area contributed by atoms with E-state index in [9.17, 15) is 41.2 Å².